The molecule has 1 fully saturated rings. The molecule has 1 saturated carbocycles. The molecule has 1 aromatic carbocycles. The number of hydrazine groups is 1. The highest BCUT2D eigenvalue weighted by Crippen LogP contribution is 2.28. The van der Waals surface area contributed by atoms with Crippen molar-refractivity contribution in [2.24, 2.45) is 5.73 Å². The van der Waals surface area contributed by atoms with E-state index in [1.165, 1.54) is 19.3 Å². The summed E-state index contributed by atoms with van der Waals surface area (Å²) in [6.45, 7) is -1.05. The Hall–Kier alpha value is -1.89. The second kappa shape index (κ2) is 7.93. The van der Waals surface area contributed by atoms with Gasteiger partial charge in [-0.15, -0.1) is 0 Å². The van der Waals surface area contributed by atoms with Crippen molar-refractivity contribution in [2.75, 3.05) is 17.0 Å². The van der Waals surface area contributed by atoms with E-state index in [0.717, 1.165) is 18.5 Å². The van der Waals surface area contributed by atoms with Crippen LogP contribution in [0.25, 0.3) is 0 Å². The lowest BCUT2D eigenvalue weighted by Gasteiger charge is -2.34. The van der Waals surface area contributed by atoms with Gasteiger partial charge in [0.25, 0.3) is 5.91 Å². The zero-order valence-electron chi connectivity index (χ0n) is 12.3. The quantitative estimate of drug-likeness (QED) is 0.573. The number of hydrogen-bond donors (Lipinski definition) is 3. The van der Waals surface area contributed by atoms with Gasteiger partial charge in [0.2, 0.25) is 0 Å². The van der Waals surface area contributed by atoms with Crippen LogP contribution in [0, 0.1) is 0 Å². The lowest BCUT2D eigenvalue weighted by atomic mass is 9.94. The van der Waals surface area contributed by atoms with Crippen LogP contribution in [0.3, 0.4) is 0 Å². The third-order valence-electron chi connectivity index (χ3n) is 3.79. The summed E-state index contributed by atoms with van der Waals surface area (Å²) in [5.41, 5.74) is 12.4. The van der Waals surface area contributed by atoms with Crippen LogP contribution in [0.1, 0.15) is 32.1 Å². The number of carbonyl (C=O) groups is 1. The number of rotatable bonds is 5. The highest BCUT2D eigenvalue weighted by atomic mass is 32.1. The number of alkyl halides is 1. The minimum Gasteiger partial charge on any atom is -0.376 e. The molecule has 0 spiro atoms. The molecule has 0 heterocycles. The van der Waals surface area contributed by atoms with Gasteiger partial charge >= 0.3 is 0 Å². The number of nitrogens with two attached hydrogens (primary N) is 1. The zero-order chi connectivity index (χ0) is 15.9. The molecule has 0 unspecified atom stereocenters. The van der Waals surface area contributed by atoms with Gasteiger partial charge in [-0.25, -0.2) is 4.39 Å². The molecule has 0 atom stereocenters. The summed E-state index contributed by atoms with van der Waals surface area (Å²) < 4.78 is 12.1. The smallest absolute Gasteiger partial charge is 0.269 e. The predicted molar refractivity (Wildman–Crippen MR) is 90.3 cm³/mol. The molecule has 1 aliphatic carbocycles. The molecular formula is C15H21FN4OS. The Labute approximate surface area is 135 Å². The lowest BCUT2D eigenvalue weighted by molar-refractivity contribution is -0.121. The molecule has 0 radical (unpaired) electrons. The molecule has 1 aliphatic rings. The van der Waals surface area contributed by atoms with Crippen molar-refractivity contribution in [2.45, 2.75) is 38.1 Å². The Morgan fingerprint density at radius 1 is 1.27 bits per heavy atom. The van der Waals surface area contributed by atoms with Gasteiger partial charge in [-0.1, -0.05) is 19.3 Å². The van der Waals surface area contributed by atoms with Gasteiger partial charge in [0.05, 0.1) is 5.69 Å². The van der Waals surface area contributed by atoms with Gasteiger partial charge in [0.15, 0.2) is 11.8 Å². The SMILES string of the molecule is NC(=S)N(c1ccc(NNC(=O)CF)cc1)C1CCCCC1. The van der Waals surface area contributed by atoms with Gasteiger partial charge in [-0.3, -0.25) is 15.6 Å². The summed E-state index contributed by atoms with van der Waals surface area (Å²) in [4.78, 5) is 12.9. The largest absolute Gasteiger partial charge is 0.376 e. The first-order valence-electron chi connectivity index (χ1n) is 7.41. The fourth-order valence-corrected chi connectivity index (χ4v) is 2.99. The van der Waals surface area contributed by atoms with Crippen LogP contribution in [-0.4, -0.2) is 23.7 Å². The summed E-state index contributed by atoms with van der Waals surface area (Å²) in [5.74, 6) is -0.712. The van der Waals surface area contributed by atoms with E-state index in [1.807, 2.05) is 17.0 Å². The fourth-order valence-electron chi connectivity index (χ4n) is 2.74. The third kappa shape index (κ3) is 4.30. The third-order valence-corrected chi connectivity index (χ3v) is 3.99. The molecule has 120 valence electrons. The number of nitrogens with zero attached hydrogens (tertiary/aromatic N) is 1. The Balaban J connectivity index is 2.05. The van der Waals surface area contributed by atoms with E-state index >= 15 is 0 Å². The first kappa shape index (κ1) is 16.5. The zero-order valence-corrected chi connectivity index (χ0v) is 13.2. The molecule has 5 nitrogen and oxygen atoms in total. The second-order valence-corrected chi connectivity index (χ2v) is 5.77. The minimum absolute atomic E-state index is 0.344. The summed E-state index contributed by atoms with van der Waals surface area (Å²) in [6.07, 6.45) is 5.82. The maximum atomic E-state index is 12.1. The van der Waals surface area contributed by atoms with E-state index in [-0.39, 0.29) is 0 Å². The van der Waals surface area contributed by atoms with Gasteiger partial charge in [0, 0.05) is 11.7 Å². The van der Waals surface area contributed by atoms with E-state index in [1.54, 1.807) is 12.1 Å². The van der Waals surface area contributed by atoms with Crippen LogP contribution in [0.15, 0.2) is 24.3 Å². The summed E-state index contributed by atoms with van der Waals surface area (Å²) >= 11 is 5.20. The molecule has 2 rings (SSSR count). The van der Waals surface area contributed by atoms with Gasteiger partial charge < -0.3 is 10.6 Å². The van der Waals surface area contributed by atoms with Gasteiger partial charge in [-0.2, -0.15) is 0 Å². The summed E-state index contributed by atoms with van der Waals surface area (Å²) in [5, 5.41) is 0.373. The van der Waals surface area contributed by atoms with Crippen molar-refractivity contribution in [1.82, 2.24) is 5.43 Å². The molecule has 4 N–H and O–H groups in total. The summed E-state index contributed by atoms with van der Waals surface area (Å²) in [6, 6.07) is 7.70. The maximum Gasteiger partial charge on any atom is 0.269 e. The van der Waals surface area contributed by atoms with E-state index < -0.39 is 12.6 Å². The molecule has 1 aromatic rings. The molecule has 0 saturated heterocycles. The van der Waals surface area contributed by atoms with E-state index in [0.29, 0.717) is 16.8 Å². The summed E-state index contributed by atoms with van der Waals surface area (Å²) in [7, 11) is 0. The predicted octanol–water partition coefficient (Wildman–Crippen LogP) is 2.48. The molecule has 0 aromatic heterocycles. The van der Waals surface area contributed by atoms with Crippen molar-refractivity contribution in [1.29, 1.82) is 0 Å². The van der Waals surface area contributed by atoms with Crippen LogP contribution in [0.5, 0.6) is 0 Å². The Bertz CT molecular complexity index is 517. The monoisotopic (exact) mass is 324 g/mol. The number of benzene rings is 1. The number of nitrogens with one attached hydrogen (secondary N) is 2. The second-order valence-electron chi connectivity index (χ2n) is 5.35. The van der Waals surface area contributed by atoms with Crippen molar-refractivity contribution >= 4 is 34.6 Å². The molecular weight excluding hydrogens is 303 g/mol. The standard InChI is InChI=1S/C15H21FN4OS/c16-10-14(21)19-18-11-6-8-13(9-7-11)20(15(17)22)12-4-2-1-3-5-12/h6-9,12,18H,1-5,10H2,(H2,17,22)(H,19,21). The molecule has 0 bridgehead atoms. The van der Waals surface area contributed by atoms with Gasteiger partial charge in [-0.05, 0) is 49.3 Å². The molecule has 1 amide bonds. The first-order chi connectivity index (χ1) is 10.6. The number of amides is 1. The fraction of sp³-hybridized carbons (Fsp3) is 0.467. The number of hydrogen-bond acceptors (Lipinski definition) is 3. The van der Waals surface area contributed by atoms with Crippen LogP contribution in [-0.2, 0) is 4.79 Å². The molecule has 7 heteroatoms. The molecule has 22 heavy (non-hydrogen) atoms. The van der Waals surface area contributed by atoms with Crippen molar-refractivity contribution in [3.05, 3.63) is 24.3 Å². The molecule has 0 aliphatic heterocycles. The number of thiocarbonyl (C=S) groups is 1. The highest BCUT2D eigenvalue weighted by molar-refractivity contribution is 7.80. The van der Waals surface area contributed by atoms with Crippen LogP contribution in [0.4, 0.5) is 15.8 Å². The highest BCUT2D eigenvalue weighted by Gasteiger charge is 2.23. The lowest BCUT2D eigenvalue weighted by Crippen LogP contribution is -2.44. The topological polar surface area (TPSA) is 70.4 Å². The number of anilines is 2. The number of halogens is 1. The number of carbonyl (C=O) groups excluding carboxylic acids is 1. The van der Waals surface area contributed by atoms with Crippen molar-refractivity contribution in [3.8, 4) is 0 Å². The van der Waals surface area contributed by atoms with Crippen LogP contribution < -0.4 is 21.5 Å². The maximum absolute atomic E-state index is 12.1. The first-order valence-corrected chi connectivity index (χ1v) is 7.82. The average molecular weight is 324 g/mol. The van der Waals surface area contributed by atoms with Crippen molar-refractivity contribution < 1.29 is 9.18 Å². The van der Waals surface area contributed by atoms with E-state index in [2.05, 4.69) is 10.9 Å². The van der Waals surface area contributed by atoms with Crippen LogP contribution >= 0.6 is 12.2 Å². The normalized spacial score (nSPS) is 15.1. The van der Waals surface area contributed by atoms with E-state index in [4.69, 9.17) is 18.0 Å². The van der Waals surface area contributed by atoms with Crippen LogP contribution in [0.2, 0.25) is 0 Å². The minimum atomic E-state index is -1.05. The Morgan fingerprint density at radius 3 is 2.45 bits per heavy atom. The Morgan fingerprint density at radius 2 is 1.91 bits per heavy atom. The Kier molecular flexibility index (Phi) is 5.94. The average Bonchev–Trinajstić information content (AvgIpc) is 2.54. The van der Waals surface area contributed by atoms with Crippen molar-refractivity contribution in [3.63, 3.8) is 0 Å². The van der Waals surface area contributed by atoms with E-state index in [9.17, 15) is 9.18 Å². The van der Waals surface area contributed by atoms with Gasteiger partial charge in [0.1, 0.15) is 0 Å².